The number of nitrogens with one attached hydrogen (secondary N) is 1. The first-order valence-corrected chi connectivity index (χ1v) is 7.06. The molecule has 0 spiro atoms. The van der Waals surface area contributed by atoms with Crippen molar-refractivity contribution < 1.29 is 14.3 Å². The van der Waals surface area contributed by atoms with Gasteiger partial charge in [-0.3, -0.25) is 4.79 Å². The molecule has 0 radical (unpaired) electrons. The number of aromatic nitrogens is 1. The first kappa shape index (κ1) is 20.4. The van der Waals surface area contributed by atoms with Gasteiger partial charge in [-0.25, -0.2) is 4.98 Å². The predicted molar refractivity (Wildman–Crippen MR) is 85.3 cm³/mol. The third-order valence-electron chi connectivity index (χ3n) is 2.59. The molecule has 0 aromatic carbocycles. The first-order valence-electron chi connectivity index (χ1n) is 6.30. The van der Waals surface area contributed by atoms with Crippen molar-refractivity contribution in [3.8, 4) is 0 Å². The number of esters is 1. The maximum Gasteiger partial charge on any atom is 0.323 e. The molecular formula is C13H19Cl3N2O3. The number of pyridine rings is 1. The van der Waals surface area contributed by atoms with Crippen LogP contribution in [-0.2, 0) is 20.9 Å². The monoisotopic (exact) mass is 356 g/mol. The average Bonchev–Trinajstić information content (AvgIpc) is 2.40. The molecule has 120 valence electrons. The minimum atomic E-state index is -0.394. The Labute approximate surface area is 140 Å². The van der Waals surface area contributed by atoms with Crippen LogP contribution in [0.5, 0.6) is 0 Å². The van der Waals surface area contributed by atoms with Crippen molar-refractivity contribution in [3.05, 3.63) is 28.0 Å². The number of likely N-dealkylation sites (N-methyl/N-ethyl adjacent to an activating group) is 1. The molecule has 0 aliphatic rings. The number of rotatable bonds is 8. The Morgan fingerprint density at radius 3 is 2.52 bits per heavy atom. The van der Waals surface area contributed by atoms with Crippen LogP contribution >= 0.6 is 35.6 Å². The van der Waals surface area contributed by atoms with Crippen LogP contribution in [0.4, 0.5) is 0 Å². The molecule has 5 nitrogen and oxygen atoms in total. The number of hydrogen-bond donors (Lipinski definition) is 1. The van der Waals surface area contributed by atoms with Gasteiger partial charge in [0.15, 0.2) is 0 Å². The Balaban J connectivity index is 0.00000400. The molecular weight excluding hydrogens is 339 g/mol. The van der Waals surface area contributed by atoms with Gasteiger partial charge in [0.1, 0.15) is 23.0 Å². The van der Waals surface area contributed by atoms with E-state index in [0.717, 1.165) is 0 Å². The normalized spacial score (nSPS) is 11.6. The van der Waals surface area contributed by atoms with E-state index in [9.17, 15) is 4.79 Å². The summed E-state index contributed by atoms with van der Waals surface area (Å²) in [5.41, 5.74) is 0.697. The van der Waals surface area contributed by atoms with E-state index in [1.54, 1.807) is 19.2 Å². The van der Waals surface area contributed by atoms with Crippen LogP contribution in [0.25, 0.3) is 0 Å². The molecule has 0 aliphatic heterocycles. The Morgan fingerprint density at radius 2 is 2.00 bits per heavy atom. The van der Waals surface area contributed by atoms with Crippen molar-refractivity contribution in [1.29, 1.82) is 0 Å². The van der Waals surface area contributed by atoms with E-state index in [2.05, 4.69) is 10.3 Å². The van der Waals surface area contributed by atoms with Crippen LogP contribution in [0.15, 0.2) is 12.1 Å². The fraction of sp³-hybridized carbons (Fsp3) is 0.538. The van der Waals surface area contributed by atoms with Crippen LogP contribution < -0.4 is 5.32 Å². The maximum atomic E-state index is 11.9. The summed E-state index contributed by atoms with van der Waals surface area (Å²) in [7, 11) is 1.71. The van der Waals surface area contributed by atoms with Gasteiger partial charge < -0.3 is 14.8 Å². The van der Waals surface area contributed by atoms with E-state index in [4.69, 9.17) is 32.7 Å². The minimum Gasteiger partial charge on any atom is -0.460 e. The highest BCUT2D eigenvalue weighted by Gasteiger charge is 2.17. The molecule has 0 fully saturated rings. The Bertz CT molecular complexity index is 426. The third kappa shape index (κ3) is 7.83. The number of nitrogens with zero attached hydrogens (tertiary/aromatic N) is 1. The van der Waals surface area contributed by atoms with E-state index in [0.29, 0.717) is 25.2 Å². The van der Waals surface area contributed by atoms with Crippen molar-refractivity contribution in [3.63, 3.8) is 0 Å². The molecule has 1 rings (SSSR count). The summed E-state index contributed by atoms with van der Waals surface area (Å²) in [4.78, 5) is 15.7. The number of ether oxygens (including phenoxy) is 2. The molecule has 1 aromatic heterocycles. The summed E-state index contributed by atoms with van der Waals surface area (Å²) in [5, 5.41) is 3.44. The SMILES string of the molecule is CCOCC[C@H](NC)C(=O)OCc1cc(Cl)nc(Cl)c1.Cl. The van der Waals surface area contributed by atoms with Crippen molar-refractivity contribution in [2.45, 2.75) is 26.0 Å². The Morgan fingerprint density at radius 1 is 1.38 bits per heavy atom. The standard InChI is InChI=1S/C13H18Cl2N2O3.ClH/c1-3-19-5-4-10(16-2)13(18)20-8-9-6-11(14)17-12(15)7-9;/h6-7,10,16H,3-5,8H2,1-2H3;1H/t10-;/m0./s1. The van der Waals surface area contributed by atoms with Gasteiger partial charge in [-0.15, -0.1) is 12.4 Å². The van der Waals surface area contributed by atoms with E-state index in [1.807, 2.05) is 6.92 Å². The second kappa shape index (κ2) is 11.0. The van der Waals surface area contributed by atoms with Gasteiger partial charge >= 0.3 is 5.97 Å². The zero-order chi connectivity index (χ0) is 15.0. The highest BCUT2D eigenvalue weighted by molar-refractivity contribution is 6.32. The quantitative estimate of drug-likeness (QED) is 0.440. The molecule has 8 heteroatoms. The molecule has 0 bridgehead atoms. The highest BCUT2D eigenvalue weighted by atomic mass is 35.5. The molecule has 1 atom stereocenters. The molecule has 1 N–H and O–H groups in total. The molecule has 0 saturated carbocycles. The van der Waals surface area contributed by atoms with Gasteiger partial charge in [-0.1, -0.05) is 23.2 Å². The van der Waals surface area contributed by atoms with E-state index >= 15 is 0 Å². The maximum absolute atomic E-state index is 11.9. The van der Waals surface area contributed by atoms with Crippen LogP contribution in [0, 0.1) is 0 Å². The van der Waals surface area contributed by atoms with Gasteiger partial charge in [0, 0.05) is 13.2 Å². The summed E-state index contributed by atoms with van der Waals surface area (Å²) in [5.74, 6) is -0.337. The molecule has 1 aromatic rings. The average molecular weight is 358 g/mol. The molecule has 0 unspecified atom stereocenters. The van der Waals surface area contributed by atoms with E-state index < -0.39 is 6.04 Å². The second-order valence-corrected chi connectivity index (χ2v) is 4.83. The lowest BCUT2D eigenvalue weighted by molar-refractivity contribution is -0.147. The zero-order valence-electron chi connectivity index (χ0n) is 11.9. The topological polar surface area (TPSA) is 60.5 Å². The number of hydrogen-bond acceptors (Lipinski definition) is 5. The minimum absolute atomic E-state index is 0. The van der Waals surface area contributed by atoms with Crippen molar-refractivity contribution in [2.24, 2.45) is 0 Å². The van der Waals surface area contributed by atoms with Gasteiger partial charge in [0.2, 0.25) is 0 Å². The smallest absolute Gasteiger partial charge is 0.323 e. The Kier molecular flexibility index (Phi) is 10.7. The van der Waals surface area contributed by atoms with Crippen LogP contribution in [0.2, 0.25) is 10.3 Å². The largest absolute Gasteiger partial charge is 0.460 e. The third-order valence-corrected chi connectivity index (χ3v) is 2.98. The van der Waals surface area contributed by atoms with Crippen molar-refractivity contribution in [1.82, 2.24) is 10.3 Å². The molecule has 1 heterocycles. The summed E-state index contributed by atoms with van der Waals surface area (Å²) in [6.07, 6.45) is 0.557. The number of halogens is 3. The highest BCUT2D eigenvalue weighted by Crippen LogP contribution is 2.15. The molecule has 0 amide bonds. The summed E-state index contributed by atoms with van der Waals surface area (Å²) < 4.78 is 10.4. The lowest BCUT2D eigenvalue weighted by atomic mass is 10.2. The lowest BCUT2D eigenvalue weighted by Crippen LogP contribution is -2.36. The number of carbonyl (C=O) groups is 1. The fourth-order valence-electron chi connectivity index (χ4n) is 1.58. The van der Waals surface area contributed by atoms with Gasteiger partial charge in [-0.05, 0) is 38.1 Å². The second-order valence-electron chi connectivity index (χ2n) is 4.06. The first-order chi connectivity index (χ1) is 9.56. The van der Waals surface area contributed by atoms with E-state index in [1.165, 1.54) is 0 Å². The summed E-state index contributed by atoms with van der Waals surface area (Å²) in [6, 6.07) is 2.82. The number of carbonyl (C=O) groups excluding carboxylic acids is 1. The van der Waals surface area contributed by atoms with E-state index in [-0.39, 0.29) is 35.3 Å². The molecule has 0 saturated heterocycles. The predicted octanol–water partition coefficient (Wildman–Crippen LogP) is 2.87. The van der Waals surface area contributed by atoms with Crippen LogP contribution in [-0.4, -0.2) is 37.3 Å². The Hall–Kier alpha value is -0.590. The summed E-state index contributed by atoms with van der Waals surface area (Å²) in [6.45, 7) is 3.14. The van der Waals surface area contributed by atoms with Crippen LogP contribution in [0.1, 0.15) is 18.9 Å². The fourth-order valence-corrected chi connectivity index (χ4v) is 2.08. The summed E-state index contributed by atoms with van der Waals surface area (Å²) >= 11 is 11.5. The lowest BCUT2D eigenvalue weighted by Gasteiger charge is -2.15. The van der Waals surface area contributed by atoms with Crippen molar-refractivity contribution in [2.75, 3.05) is 20.3 Å². The van der Waals surface area contributed by atoms with Gasteiger partial charge in [0.05, 0.1) is 0 Å². The molecule has 21 heavy (non-hydrogen) atoms. The van der Waals surface area contributed by atoms with Crippen molar-refractivity contribution >= 4 is 41.6 Å². The van der Waals surface area contributed by atoms with Gasteiger partial charge in [0.25, 0.3) is 0 Å². The zero-order valence-corrected chi connectivity index (χ0v) is 14.2. The van der Waals surface area contributed by atoms with Crippen LogP contribution in [0.3, 0.4) is 0 Å². The molecule has 0 aliphatic carbocycles. The van der Waals surface area contributed by atoms with Gasteiger partial charge in [-0.2, -0.15) is 0 Å².